The monoisotopic (exact) mass is 463 g/mol. The van der Waals surface area contributed by atoms with Crippen molar-refractivity contribution in [3.63, 3.8) is 0 Å². The van der Waals surface area contributed by atoms with E-state index in [9.17, 15) is 9.18 Å². The van der Waals surface area contributed by atoms with Crippen molar-refractivity contribution in [2.45, 2.75) is 38.7 Å². The van der Waals surface area contributed by atoms with Gasteiger partial charge < -0.3 is 25.6 Å². The van der Waals surface area contributed by atoms with Crippen LogP contribution in [0.1, 0.15) is 33.1 Å². The lowest BCUT2D eigenvalue weighted by Crippen LogP contribution is -2.46. The molecule has 1 aromatic carbocycles. The standard InChI is InChI=1S/C24H26FN7O2/c1-24(2)22(33)30-21-18(34-24)10-11-19(29-21)28-20-17(25)14-26-23(31-20)27-15-6-8-16(9-7-15)32-12-4-3-5-13-32/h6-11,14H,3-5,12-13H2,1-2H3,(H3,26,27,28,29,30,31,33). The second-order valence-electron chi connectivity index (χ2n) is 8.84. The first kappa shape index (κ1) is 21.9. The molecule has 10 heteroatoms. The van der Waals surface area contributed by atoms with Crippen LogP contribution < -0.4 is 25.6 Å². The van der Waals surface area contributed by atoms with Crippen molar-refractivity contribution < 1.29 is 13.9 Å². The fraction of sp³-hybridized carbons (Fsp3) is 0.333. The van der Waals surface area contributed by atoms with Crippen molar-refractivity contribution in [2.24, 2.45) is 0 Å². The Morgan fingerprint density at radius 1 is 1.03 bits per heavy atom. The van der Waals surface area contributed by atoms with Gasteiger partial charge in [-0.3, -0.25) is 4.79 Å². The molecule has 4 heterocycles. The van der Waals surface area contributed by atoms with Crippen LogP contribution in [-0.4, -0.2) is 39.5 Å². The molecule has 2 aromatic heterocycles. The Hall–Kier alpha value is -3.95. The summed E-state index contributed by atoms with van der Waals surface area (Å²) in [6.07, 6.45) is 4.81. The minimum Gasteiger partial charge on any atom is -0.474 e. The molecule has 0 radical (unpaired) electrons. The number of amides is 1. The highest BCUT2D eigenvalue weighted by Crippen LogP contribution is 2.33. The summed E-state index contributed by atoms with van der Waals surface area (Å²) in [5, 5.41) is 8.66. The summed E-state index contributed by atoms with van der Waals surface area (Å²) in [6, 6.07) is 11.3. The summed E-state index contributed by atoms with van der Waals surface area (Å²) in [7, 11) is 0. The van der Waals surface area contributed by atoms with Gasteiger partial charge >= 0.3 is 0 Å². The lowest BCUT2D eigenvalue weighted by molar-refractivity contribution is -0.129. The molecule has 1 fully saturated rings. The lowest BCUT2D eigenvalue weighted by atomic mass is 10.1. The predicted molar refractivity (Wildman–Crippen MR) is 129 cm³/mol. The van der Waals surface area contributed by atoms with E-state index in [-0.39, 0.29) is 23.5 Å². The molecule has 2 aliphatic rings. The molecule has 3 N–H and O–H groups in total. The highest BCUT2D eigenvalue weighted by Gasteiger charge is 2.36. The van der Waals surface area contributed by atoms with Gasteiger partial charge in [0.25, 0.3) is 5.91 Å². The number of piperidine rings is 1. The lowest BCUT2D eigenvalue weighted by Gasteiger charge is -2.30. The number of aromatic nitrogens is 3. The van der Waals surface area contributed by atoms with E-state index in [2.05, 4.69) is 47.9 Å². The van der Waals surface area contributed by atoms with Gasteiger partial charge in [0.2, 0.25) is 5.95 Å². The third kappa shape index (κ3) is 4.57. The number of carbonyl (C=O) groups excluding carboxylic acids is 1. The van der Waals surface area contributed by atoms with Gasteiger partial charge in [-0.2, -0.15) is 4.98 Å². The van der Waals surface area contributed by atoms with Crippen LogP contribution in [0.5, 0.6) is 5.75 Å². The number of benzene rings is 1. The number of pyridine rings is 1. The summed E-state index contributed by atoms with van der Waals surface area (Å²) in [4.78, 5) is 27.1. The zero-order valence-electron chi connectivity index (χ0n) is 19.1. The number of rotatable bonds is 5. The van der Waals surface area contributed by atoms with Gasteiger partial charge in [0.1, 0.15) is 5.82 Å². The quantitative estimate of drug-likeness (QED) is 0.504. The van der Waals surface area contributed by atoms with E-state index in [0.29, 0.717) is 11.6 Å². The van der Waals surface area contributed by atoms with Gasteiger partial charge in [0.15, 0.2) is 28.8 Å². The summed E-state index contributed by atoms with van der Waals surface area (Å²) in [5.41, 5.74) is 0.993. The van der Waals surface area contributed by atoms with E-state index in [1.54, 1.807) is 26.0 Å². The van der Waals surface area contributed by atoms with Crippen molar-refractivity contribution in [3.8, 4) is 5.75 Å². The molecule has 34 heavy (non-hydrogen) atoms. The van der Waals surface area contributed by atoms with Crippen molar-refractivity contribution in [1.29, 1.82) is 0 Å². The van der Waals surface area contributed by atoms with E-state index >= 15 is 0 Å². The number of nitrogens with zero attached hydrogens (tertiary/aromatic N) is 4. The van der Waals surface area contributed by atoms with Crippen LogP contribution in [0, 0.1) is 5.82 Å². The van der Waals surface area contributed by atoms with Gasteiger partial charge in [-0.15, -0.1) is 0 Å². The first-order chi connectivity index (χ1) is 16.4. The van der Waals surface area contributed by atoms with Crippen LogP contribution in [0.4, 0.5) is 39.2 Å². The average molecular weight is 464 g/mol. The minimum absolute atomic E-state index is 0.0433. The van der Waals surface area contributed by atoms with Gasteiger partial charge in [-0.05, 0) is 69.5 Å². The Morgan fingerprint density at radius 2 is 1.79 bits per heavy atom. The number of fused-ring (bicyclic) bond motifs is 1. The molecule has 1 saturated heterocycles. The molecule has 1 amide bonds. The Balaban J connectivity index is 1.30. The molecule has 0 unspecified atom stereocenters. The SMILES string of the molecule is CC1(C)Oc2ccc(Nc3nc(Nc4ccc(N5CCCCC5)cc4)ncc3F)nc2NC1=O. The van der Waals surface area contributed by atoms with E-state index in [4.69, 9.17) is 4.74 Å². The maximum Gasteiger partial charge on any atom is 0.269 e. The Labute approximate surface area is 196 Å². The highest BCUT2D eigenvalue weighted by atomic mass is 19.1. The van der Waals surface area contributed by atoms with E-state index in [1.165, 1.54) is 24.9 Å². The Bertz CT molecular complexity index is 1210. The van der Waals surface area contributed by atoms with E-state index < -0.39 is 11.4 Å². The molecule has 3 aromatic rings. The van der Waals surface area contributed by atoms with E-state index in [1.807, 2.05) is 12.1 Å². The number of hydrogen-bond acceptors (Lipinski definition) is 8. The molecule has 5 rings (SSSR count). The number of anilines is 6. The normalized spacial score (nSPS) is 16.8. The maximum absolute atomic E-state index is 14.4. The van der Waals surface area contributed by atoms with Crippen LogP contribution in [0.2, 0.25) is 0 Å². The predicted octanol–water partition coefficient (Wildman–Crippen LogP) is 4.60. The average Bonchev–Trinajstić information content (AvgIpc) is 2.83. The van der Waals surface area contributed by atoms with Gasteiger partial charge in [0, 0.05) is 24.5 Å². The first-order valence-electron chi connectivity index (χ1n) is 11.3. The molecule has 2 aliphatic heterocycles. The Kier molecular flexibility index (Phi) is 5.64. The third-order valence-electron chi connectivity index (χ3n) is 5.84. The van der Waals surface area contributed by atoms with Gasteiger partial charge in [-0.25, -0.2) is 14.4 Å². The summed E-state index contributed by atoms with van der Waals surface area (Å²) < 4.78 is 20.1. The smallest absolute Gasteiger partial charge is 0.269 e. The van der Waals surface area contributed by atoms with Gasteiger partial charge in [-0.1, -0.05) is 0 Å². The molecular formula is C24H26FN7O2. The number of hydrogen-bond donors (Lipinski definition) is 3. The number of nitrogens with one attached hydrogen (secondary N) is 3. The maximum atomic E-state index is 14.4. The molecule has 0 spiro atoms. The number of ether oxygens (including phenoxy) is 1. The van der Waals surface area contributed by atoms with Crippen molar-refractivity contribution in [1.82, 2.24) is 15.0 Å². The summed E-state index contributed by atoms with van der Waals surface area (Å²) >= 11 is 0. The largest absolute Gasteiger partial charge is 0.474 e. The molecule has 9 nitrogen and oxygen atoms in total. The molecular weight excluding hydrogens is 437 g/mol. The van der Waals surface area contributed by atoms with Crippen molar-refractivity contribution in [3.05, 3.63) is 48.4 Å². The summed E-state index contributed by atoms with van der Waals surface area (Å²) in [6.45, 7) is 5.49. The molecule has 0 bridgehead atoms. The fourth-order valence-corrected chi connectivity index (χ4v) is 3.94. The zero-order chi connectivity index (χ0) is 23.7. The van der Waals surface area contributed by atoms with Crippen LogP contribution in [0.25, 0.3) is 0 Å². The van der Waals surface area contributed by atoms with Crippen molar-refractivity contribution >= 4 is 40.7 Å². The highest BCUT2D eigenvalue weighted by molar-refractivity contribution is 5.99. The van der Waals surface area contributed by atoms with Gasteiger partial charge in [0.05, 0.1) is 6.20 Å². The topological polar surface area (TPSA) is 104 Å². The fourth-order valence-electron chi connectivity index (χ4n) is 3.94. The molecule has 0 atom stereocenters. The van der Waals surface area contributed by atoms with E-state index in [0.717, 1.165) is 25.0 Å². The van der Waals surface area contributed by atoms with Crippen LogP contribution in [0.3, 0.4) is 0 Å². The third-order valence-corrected chi connectivity index (χ3v) is 5.84. The number of halogens is 1. The second kappa shape index (κ2) is 8.77. The van der Waals surface area contributed by atoms with Crippen LogP contribution in [0.15, 0.2) is 42.6 Å². The van der Waals surface area contributed by atoms with Crippen LogP contribution in [-0.2, 0) is 4.79 Å². The Morgan fingerprint density at radius 3 is 2.56 bits per heavy atom. The summed E-state index contributed by atoms with van der Waals surface area (Å²) in [5.74, 6) is 0.258. The molecule has 176 valence electrons. The van der Waals surface area contributed by atoms with Crippen molar-refractivity contribution in [2.75, 3.05) is 33.9 Å². The molecule has 0 saturated carbocycles. The number of carbonyl (C=O) groups is 1. The second-order valence-corrected chi connectivity index (χ2v) is 8.84. The molecule has 0 aliphatic carbocycles. The zero-order valence-corrected chi connectivity index (χ0v) is 19.1. The first-order valence-corrected chi connectivity index (χ1v) is 11.3. The minimum atomic E-state index is -0.991. The van der Waals surface area contributed by atoms with Crippen LogP contribution >= 0.6 is 0 Å².